The van der Waals surface area contributed by atoms with E-state index in [4.69, 9.17) is 16.3 Å². The first-order valence-corrected chi connectivity index (χ1v) is 4.79. The molecule has 0 unspecified atom stereocenters. The molecule has 0 amide bonds. The summed E-state index contributed by atoms with van der Waals surface area (Å²) in [5.41, 5.74) is 1.91. The summed E-state index contributed by atoms with van der Waals surface area (Å²) in [4.78, 5) is 8.05. The Kier molecular flexibility index (Phi) is 2.83. The van der Waals surface area contributed by atoms with Gasteiger partial charge in [0, 0.05) is 23.0 Å². The van der Waals surface area contributed by atoms with E-state index in [1.165, 1.54) is 7.11 Å². The Labute approximate surface area is 92.7 Å². The lowest BCUT2D eigenvalue weighted by Crippen LogP contribution is -1.91. The van der Waals surface area contributed by atoms with E-state index in [1.54, 1.807) is 12.4 Å². The van der Waals surface area contributed by atoms with Crippen LogP contribution in [0.1, 0.15) is 0 Å². The van der Waals surface area contributed by atoms with Crippen molar-refractivity contribution >= 4 is 11.6 Å². The third kappa shape index (κ3) is 2.25. The van der Waals surface area contributed by atoms with Crippen LogP contribution in [0.3, 0.4) is 0 Å². The van der Waals surface area contributed by atoms with Crippen molar-refractivity contribution in [3.05, 3.63) is 41.7 Å². The predicted octanol–water partition coefficient (Wildman–Crippen LogP) is 2.81. The van der Waals surface area contributed by atoms with Crippen LogP contribution in [0, 0.1) is 0 Å². The fourth-order valence-corrected chi connectivity index (χ4v) is 1.43. The first kappa shape index (κ1) is 9.93. The Hall–Kier alpha value is -1.61. The van der Waals surface area contributed by atoms with Crippen molar-refractivity contribution in [2.24, 2.45) is 0 Å². The largest absolute Gasteiger partial charge is 0.467 e. The Morgan fingerprint density at radius 3 is 2.47 bits per heavy atom. The van der Waals surface area contributed by atoms with Gasteiger partial charge >= 0.3 is 6.01 Å². The highest BCUT2D eigenvalue weighted by Crippen LogP contribution is 2.21. The quantitative estimate of drug-likeness (QED) is 0.781. The maximum Gasteiger partial charge on any atom is 0.316 e. The van der Waals surface area contributed by atoms with Crippen molar-refractivity contribution in [3.63, 3.8) is 0 Å². The lowest BCUT2D eigenvalue weighted by molar-refractivity contribution is 0.380. The highest BCUT2D eigenvalue weighted by Gasteiger charge is 2.00. The highest BCUT2D eigenvalue weighted by molar-refractivity contribution is 6.30. The molecule has 0 spiro atoms. The second-order valence-electron chi connectivity index (χ2n) is 2.97. The molecule has 0 aliphatic rings. The Bertz CT molecular complexity index is 456. The molecule has 0 bridgehead atoms. The van der Waals surface area contributed by atoms with Gasteiger partial charge in [-0.15, -0.1) is 0 Å². The monoisotopic (exact) mass is 220 g/mol. The van der Waals surface area contributed by atoms with E-state index in [2.05, 4.69) is 9.97 Å². The molecule has 0 saturated heterocycles. The summed E-state index contributed by atoms with van der Waals surface area (Å²) in [6.07, 6.45) is 3.41. The third-order valence-electron chi connectivity index (χ3n) is 1.97. The van der Waals surface area contributed by atoms with E-state index in [9.17, 15) is 0 Å². The van der Waals surface area contributed by atoms with Crippen LogP contribution in [-0.2, 0) is 0 Å². The molecular weight excluding hydrogens is 212 g/mol. The smallest absolute Gasteiger partial charge is 0.316 e. The van der Waals surface area contributed by atoms with E-state index in [1.807, 2.05) is 24.3 Å². The summed E-state index contributed by atoms with van der Waals surface area (Å²) in [5.74, 6) is 0. The lowest BCUT2D eigenvalue weighted by Gasteiger charge is -2.02. The van der Waals surface area contributed by atoms with Crippen LogP contribution in [0.2, 0.25) is 5.02 Å². The van der Waals surface area contributed by atoms with Crippen molar-refractivity contribution in [3.8, 4) is 17.1 Å². The number of benzene rings is 1. The molecule has 15 heavy (non-hydrogen) atoms. The molecule has 0 aliphatic carbocycles. The van der Waals surface area contributed by atoms with Crippen LogP contribution >= 0.6 is 11.6 Å². The fraction of sp³-hybridized carbons (Fsp3) is 0.0909. The van der Waals surface area contributed by atoms with Crippen LogP contribution in [0.4, 0.5) is 0 Å². The molecule has 0 radical (unpaired) electrons. The van der Waals surface area contributed by atoms with E-state index < -0.39 is 0 Å². The molecular formula is C11H9ClN2O. The molecule has 2 aromatic rings. The first-order valence-electron chi connectivity index (χ1n) is 4.41. The van der Waals surface area contributed by atoms with E-state index in [0.29, 0.717) is 11.0 Å². The number of halogens is 1. The third-order valence-corrected chi connectivity index (χ3v) is 2.20. The van der Waals surface area contributed by atoms with Gasteiger partial charge in [0.15, 0.2) is 0 Å². The Balaban J connectivity index is 2.37. The van der Waals surface area contributed by atoms with Crippen molar-refractivity contribution < 1.29 is 4.74 Å². The standard InChI is InChI=1S/C11H9ClN2O/c1-15-11-13-6-9(7-14-11)8-3-2-4-10(12)5-8/h2-7H,1H3. The van der Waals surface area contributed by atoms with Crippen LogP contribution < -0.4 is 4.74 Å². The van der Waals surface area contributed by atoms with Gasteiger partial charge in [-0.1, -0.05) is 23.7 Å². The van der Waals surface area contributed by atoms with Gasteiger partial charge in [-0.3, -0.25) is 0 Å². The molecule has 0 aliphatic heterocycles. The number of methoxy groups -OCH3 is 1. The maximum atomic E-state index is 5.89. The molecule has 2 rings (SSSR count). The molecule has 4 heteroatoms. The molecule has 1 aromatic carbocycles. The van der Waals surface area contributed by atoms with Crippen LogP contribution in [-0.4, -0.2) is 17.1 Å². The summed E-state index contributed by atoms with van der Waals surface area (Å²) < 4.78 is 4.88. The van der Waals surface area contributed by atoms with E-state index in [0.717, 1.165) is 11.1 Å². The topological polar surface area (TPSA) is 35.0 Å². The van der Waals surface area contributed by atoms with Gasteiger partial charge in [0.05, 0.1) is 7.11 Å². The summed E-state index contributed by atoms with van der Waals surface area (Å²) >= 11 is 5.89. The van der Waals surface area contributed by atoms with Crippen LogP contribution in [0.15, 0.2) is 36.7 Å². The average molecular weight is 221 g/mol. The van der Waals surface area contributed by atoms with Crippen LogP contribution in [0.5, 0.6) is 6.01 Å². The Morgan fingerprint density at radius 2 is 1.87 bits per heavy atom. The molecule has 0 N–H and O–H groups in total. The van der Waals surface area contributed by atoms with E-state index >= 15 is 0 Å². The second-order valence-corrected chi connectivity index (χ2v) is 3.41. The van der Waals surface area contributed by atoms with Crippen LogP contribution in [0.25, 0.3) is 11.1 Å². The second kappa shape index (κ2) is 4.28. The SMILES string of the molecule is COc1ncc(-c2cccc(Cl)c2)cn1. The average Bonchev–Trinajstić information content (AvgIpc) is 2.29. The predicted molar refractivity (Wildman–Crippen MR) is 59.0 cm³/mol. The van der Waals surface area contributed by atoms with Gasteiger partial charge in [0.2, 0.25) is 0 Å². The molecule has 1 aromatic heterocycles. The van der Waals surface area contributed by atoms with E-state index in [-0.39, 0.29) is 0 Å². The number of nitrogens with zero attached hydrogens (tertiary/aromatic N) is 2. The molecule has 0 fully saturated rings. The lowest BCUT2D eigenvalue weighted by atomic mass is 10.1. The summed E-state index contributed by atoms with van der Waals surface area (Å²) in [6, 6.07) is 7.90. The van der Waals surface area contributed by atoms with Gasteiger partial charge in [0.25, 0.3) is 0 Å². The zero-order valence-corrected chi connectivity index (χ0v) is 8.90. The zero-order chi connectivity index (χ0) is 10.7. The van der Waals surface area contributed by atoms with Gasteiger partial charge in [0.1, 0.15) is 0 Å². The first-order chi connectivity index (χ1) is 7.29. The minimum absolute atomic E-state index is 0.362. The minimum Gasteiger partial charge on any atom is -0.467 e. The minimum atomic E-state index is 0.362. The van der Waals surface area contributed by atoms with Crippen molar-refractivity contribution in [1.82, 2.24) is 9.97 Å². The maximum absolute atomic E-state index is 5.89. The summed E-state index contributed by atoms with van der Waals surface area (Å²) in [6.45, 7) is 0. The van der Waals surface area contributed by atoms with Crippen molar-refractivity contribution in [2.75, 3.05) is 7.11 Å². The number of hydrogen-bond acceptors (Lipinski definition) is 3. The number of rotatable bonds is 2. The van der Waals surface area contributed by atoms with Gasteiger partial charge in [-0.05, 0) is 17.7 Å². The van der Waals surface area contributed by atoms with Crippen molar-refractivity contribution in [2.45, 2.75) is 0 Å². The van der Waals surface area contributed by atoms with Gasteiger partial charge in [-0.25, -0.2) is 9.97 Å². The fourth-order valence-electron chi connectivity index (χ4n) is 1.24. The molecule has 0 atom stereocenters. The molecule has 76 valence electrons. The van der Waals surface area contributed by atoms with Gasteiger partial charge in [-0.2, -0.15) is 0 Å². The number of aromatic nitrogens is 2. The number of ether oxygens (including phenoxy) is 1. The molecule has 1 heterocycles. The van der Waals surface area contributed by atoms with Gasteiger partial charge < -0.3 is 4.74 Å². The zero-order valence-electron chi connectivity index (χ0n) is 8.14. The summed E-state index contributed by atoms with van der Waals surface area (Å²) in [7, 11) is 1.54. The molecule has 0 saturated carbocycles. The highest BCUT2D eigenvalue weighted by atomic mass is 35.5. The Morgan fingerprint density at radius 1 is 1.13 bits per heavy atom. The number of hydrogen-bond donors (Lipinski definition) is 0. The summed E-state index contributed by atoms with van der Waals surface area (Å²) in [5, 5.41) is 0.698. The normalized spacial score (nSPS) is 10.0. The molecule has 3 nitrogen and oxygen atoms in total. The van der Waals surface area contributed by atoms with Crippen molar-refractivity contribution in [1.29, 1.82) is 0 Å².